The maximum Gasteiger partial charge on any atom is 0.176 e. The molecule has 206 valence electrons. The molecule has 0 N–H and O–H groups in total. The Labute approximate surface area is 220 Å². The molecule has 0 aliphatic heterocycles. The van der Waals surface area contributed by atoms with Gasteiger partial charge in [0.25, 0.3) is 0 Å². The SMILES string of the molecule is CCCCOCCCCCOc1c(C(C)(C)C)sc(C(C)(C)C)c1OCCOCCOCCCC. The fourth-order valence-electron chi connectivity index (χ4n) is 3.43. The highest BCUT2D eigenvalue weighted by Crippen LogP contribution is 2.51. The maximum atomic E-state index is 6.43. The molecule has 1 aromatic heterocycles. The molecule has 0 aliphatic carbocycles. The van der Waals surface area contributed by atoms with Crippen molar-refractivity contribution >= 4 is 11.3 Å². The van der Waals surface area contributed by atoms with Crippen molar-refractivity contribution in [1.29, 1.82) is 0 Å². The number of hydrogen-bond acceptors (Lipinski definition) is 6. The lowest BCUT2D eigenvalue weighted by Crippen LogP contribution is -2.15. The van der Waals surface area contributed by atoms with Gasteiger partial charge in [-0.2, -0.15) is 0 Å². The fraction of sp³-hybridized carbons (Fsp3) is 0.862. The van der Waals surface area contributed by atoms with Crippen molar-refractivity contribution in [2.75, 3.05) is 52.9 Å². The molecule has 0 atom stereocenters. The summed E-state index contributed by atoms with van der Waals surface area (Å²) < 4.78 is 29.8. The number of hydrogen-bond donors (Lipinski definition) is 0. The van der Waals surface area contributed by atoms with Crippen LogP contribution in [0.25, 0.3) is 0 Å². The van der Waals surface area contributed by atoms with Gasteiger partial charge in [0.2, 0.25) is 0 Å². The highest BCUT2D eigenvalue weighted by molar-refractivity contribution is 7.13. The second kappa shape index (κ2) is 17.6. The van der Waals surface area contributed by atoms with Crippen LogP contribution in [0, 0.1) is 0 Å². The highest BCUT2D eigenvalue weighted by atomic mass is 32.1. The smallest absolute Gasteiger partial charge is 0.176 e. The van der Waals surface area contributed by atoms with Gasteiger partial charge < -0.3 is 23.7 Å². The van der Waals surface area contributed by atoms with Crippen LogP contribution in [0.15, 0.2) is 0 Å². The van der Waals surface area contributed by atoms with Crippen molar-refractivity contribution in [1.82, 2.24) is 0 Å². The molecule has 35 heavy (non-hydrogen) atoms. The molecule has 6 heteroatoms. The van der Waals surface area contributed by atoms with Crippen LogP contribution in [0.2, 0.25) is 0 Å². The third kappa shape index (κ3) is 13.3. The van der Waals surface area contributed by atoms with Gasteiger partial charge in [0, 0.05) is 30.7 Å². The quantitative estimate of drug-likeness (QED) is 0.165. The first-order valence-corrected chi connectivity index (χ1v) is 14.6. The van der Waals surface area contributed by atoms with E-state index in [1.807, 2.05) is 11.3 Å². The predicted octanol–water partition coefficient (Wildman–Crippen LogP) is 7.92. The number of ether oxygens (including phenoxy) is 5. The minimum Gasteiger partial charge on any atom is -0.488 e. The van der Waals surface area contributed by atoms with E-state index in [9.17, 15) is 0 Å². The van der Waals surface area contributed by atoms with E-state index in [1.165, 1.54) is 16.2 Å². The normalized spacial score (nSPS) is 12.3. The summed E-state index contributed by atoms with van der Waals surface area (Å²) in [4.78, 5) is 2.50. The van der Waals surface area contributed by atoms with Crippen molar-refractivity contribution in [3.63, 3.8) is 0 Å². The van der Waals surface area contributed by atoms with E-state index < -0.39 is 0 Å². The Morgan fingerprint density at radius 3 is 1.40 bits per heavy atom. The van der Waals surface area contributed by atoms with Gasteiger partial charge in [-0.1, -0.05) is 68.2 Å². The van der Waals surface area contributed by atoms with E-state index in [1.54, 1.807) is 0 Å². The molecule has 1 aromatic rings. The molecule has 0 amide bonds. The summed E-state index contributed by atoms with van der Waals surface area (Å²) in [5.41, 5.74) is -0.0352. The summed E-state index contributed by atoms with van der Waals surface area (Å²) in [6.07, 6.45) is 7.79. The topological polar surface area (TPSA) is 46.2 Å². The Balaban J connectivity index is 2.69. The van der Waals surface area contributed by atoms with Crippen molar-refractivity contribution in [3.8, 4) is 11.5 Å². The van der Waals surface area contributed by atoms with Gasteiger partial charge in [-0.15, -0.1) is 11.3 Å². The van der Waals surface area contributed by atoms with Crippen LogP contribution in [-0.2, 0) is 25.0 Å². The van der Waals surface area contributed by atoms with Gasteiger partial charge in [-0.25, -0.2) is 0 Å². The zero-order chi connectivity index (χ0) is 26.2. The summed E-state index contributed by atoms with van der Waals surface area (Å²) >= 11 is 1.83. The van der Waals surface area contributed by atoms with Crippen LogP contribution in [0.3, 0.4) is 0 Å². The molecule has 0 aromatic carbocycles. The Kier molecular flexibility index (Phi) is 16.2. The standard InChI is InChI=1S/C29H54O5S/c1-9-11-16-30-18-14-13-15-19-33-24-25(34-23-22-32-21-20-31-17-12-10-2)27(29(6,7)8)35-26(24)28(3,4)5/h9-23H2,1-8H3. The highest BCUT2D eigenvalue weighted by Gasteiger charge is 2.33. The minimum atomic E-state index is -0.0224. The summed E-state index contributed by atoms with van der Waals surface area (Å²) in [5.74, 6) is 1.83. The molecule has 0 aliphatic rings. The molecule has 0 saturated carbocycles. The van der Waals surface area contributed by atoms with Gasteiger partial charge in [0.15, 0.2) is 11.5 Å². The van der Waals surface area contributed by atoms with Gasteiger partial charge in [0.1, 0.15) is 6.61 Å². The second-order valence-electron chi connectivity index (χ2n) is 11.2. The Bertz CT molecular complexity index is 603. The van der Waals surface area contributed by atoms with Crippen molar-refractivity contribution in [2.24, 2.45) is 0 Å². The molecule has 0 spiro atoms. The third-order valence-corrected chi connectivity index (χ3v) is 7.50. The molecule has 1 heterocycles. The molecule has 0 bridgehead atoms. The maximum absolute atomic E-state index is 6.43. The van der Waals surface area contributed by atoms with E-state index in [4.69, 9.17) is 23.7 Å². The fourth-order valence-corrected chi connectivity index (χ4v) is 4.73. The minimum absolute atomic E-state index is 0.0128. The van der Waals surface area contributed by atoms with Gasteiger partial charge in [-0.05, 0) is 32.1 Å². The Morgan fingerprint density at radius 1 is 0.486 bits per heavy atom. The van der Waals surface area contributed by atoms with Crippen LogP contribution in [0.4, 0.5) is 0 Å². The second-order valence-corrected chi connectivity index (χ2v) is 12.2. The zero-order valence-electron chi connectivity index (χ0n) is 24.1. The first kappa shape index (κ1) is 32.2. The number of rotatable bonds is 20. The van der Waals surface area contributed by atoms with E-state index >= 15 is 0 Å². The lowest BCUT2D eigenvalue weighted by Gasteiger charge is -2.20. The molecule has 0 unspecified atom stereocenters. The molecule has 5 nitrogen and oxygen atoms in total. The average molecular weight is 515 g/mol. The summed E-state index contributed by atoms with van der Waals surface area (Å²) in [6, 6.07) is 0. The number of thiophene rings is 1. The van der Waals surface area contributed by atoms with Crippen LogP contribution in [0.1, 0.15) is 110 Å². The van der Waals surface area contributed by atoms with Crippen LogP contribution in [0.5, 0.6) is 11.5 Å². The van der Waals surface area contributed by atoms with E-state index in [2.05, 4.69) is 55.4 Å². The largest absolute Gasteiger partial charge is 0.488 e. The van der Waals surface area contributed by atoms with Gasteiger partial charge in [-0.3, -0.25) is 0 Å². The molecule has 0 radical (unpaired) electrons. The number of unbranched alkanes of at least 4 members (excludes halogenated alkanes) is 4. The molecular formula is C29H54O5S. The molecule has 1 rings (SSSR count). The lowest BCUT2D eigenvalue weighted by molar-refractivity contribution is 0.0350. The average Bonchev–Trinajstić information content (AvgIpc) is 3.16. The summed E-state index contributed by atoms with van der Waals surface area (Å²) in [5, 5.41) is 0. The third-order valence-electron chi connectivity index (χ3n) is 5.50. The van der Waals surface area contributed by atoms with Crippen molar-refractivity contribution in [3.05, 3.63) is 9.75 Å². The van der Waals surface area contributed by atoms with Gasteiger partial charge in [0.05, 0.1) is 36.2 Å². The van der Waals surface area contributed by atoms with Crippen molar-refractivity contribution < 1.29 is 23.7 Å². The van der Waals surface area contributed by atoms with Crippen LogP contribution >= 0.6 is 11.3 Å². The summed E-state index contributed by atoms with van der Waals surface area (Å²) in [6.45, 7) is 23.3. The summed E-state index contributed by atoms with van der Waals surface area (Å²) in [7, 11) is 0. The lowest BCUT2D eigenvalue weighted by atomic mass is 9.91. The monoisotopic (exact) mass is 514 g/mol. The Morgan fingerprint density at radius 2 is 0.886 bits per heavy atom. The van der Waals surface area contributed by atoms with Gasteiger partial charge >= 0.3 is 0 Å². The molecule has 0 fully saturated rings. The molecule has 0 saturated heterocycles. The van der Waals surface area contributed by atoms with Crippen LogP contribution < -0.4 is 9.47 Å². The van der Waals surface area contributed by atoms with E-state index in [-0.39, 0.29) is 10.8 Å². The van der Waals surface area contributed by atoms with E-state index in [0.717, 1.165) is 69.8 Å². The Hall–Kier alpha value is -0.820. The zero-order valence-corrected chi connectivity index (χ0v) is 24.9. The predicted molar refractivity (Wildman–Crippen MR) is 149 cm³/mol. The first-order valence-electron chi connectivity index (χ1n) is 13.8. The molecular weight excluding hydrogens is 460 g/mol. The van der Waals surface area contributed by atoms with Crippen LogP contribution in [-0.4, -0.2) is 52.9 Å². The van der Waals surface area contributed by atoms with E-state index in [0.29, 0.717) is 33.0 Å². The first-order chi connectivity index (χ1) is 16.6. The van der Waals surface area contributed by atoms with Crippen molar-refractivity contribution in [2.45, 2.75) is 111 Å².